The second kappa shape index (κ2) is 15.1. The second-order valence-electron chi connectivity index (χ2n) is 13.6. The number of piperazine rings is 1. The first-order chi connectivity index (χ1) is 25.8. The van der Waals surface area contributed by atoms with Gasteiger partial charge < -0.3 is 24.8 Å². The smallest absolute Gasteiger partial charge is 0.263 e. The topological polar surface area (TPSA) is 166 Å². The summed E-state index contributed by atoms with van der Waals surface area (Å²) in [5, 5.41) is 9.67. The number of benzene rings is 3. The van der Waals surface area contributed by atoms with Gasteiger partial charge in [0.1, 0.15) is 24.0 Å². The van der Waals surface area contributed by atoms with Crippen molar-refractivity contribution in [3.63, 3.8) is 0 Å². The van der Waals surface area contributed by atoms with E-state index in [1.165, 1.54) is 6.20 Å². The Morgan fingerprint density at radius 3 is 2.46 bits per heavy atom. The van der Waals surface area contributed by atoms with E-state index >= 15 is 0 Å². The van der Waals surface area contributed by atoms with Crippen molar-refractivity contribution < 1.29 is 28.5 Å². The van der Waals surface area contributed by atoms with Gasteiger partial charge >= 0.3 is 0 Å². The fourth-order valence-electron chi connectivity index (χ4n) is 6.88. The predicted molar refractivity (Wildman–Crippen MR) is 210 cm³/mol. The first-order valence-corrected chi connectivity index (χ1v) is 21.0. The summed E-state index contributed by atoms with van der Waals surface area (Å²) < 4.78 is 19.2. The number of nitrogens with one attached hydrogen (secondary N) is 3. The molecular formula is C37H37BrClN8O6P. The van der Waals surface area contributed by atoms with Gasteiger partial charge in [-0.25, -0.2) is 4.98 Å². The Balaban J connectivity index is 0.995. The van der Waals surface area contributed by atoms with Crippen LogP contribution in [0.4, 0.5) is 28.8 Å². The Kier molecular flexibility index (Phi) is 10.5. The van der Waals surface area contributed by atoms with E-state index in [-0.39, 0.29) is 24.0 Å². The first-order valence-electron chi connectivity index (χ1n) is 17.2. The molecule has 17 heteroatoms. The van der Waals surface area contributed by atoms with E-state index in [9.17, 15) is 23.7 Å². The number of ether oxygens (including phenoxy) is 1. The Labute approximate surface area is 325 Å². The van der Waals surface area contributed by atoms with Crippen molar-refractivity contribution in [3.05, 3.63) is 87.0 Å². The summed E-state index contributed by atoms with van der Waals surface area (Å²) in [6.45, 7) is 6.92. The Bertz CT molecular complexity index is 2240. The number of piperidine rings is 1. The quantitative estimate of drug-likeness (QED) is 0.139. The molecule has 3 aliphatic heterocycles. The molecule has 0 bridgehead atoms. The Morgan fingerprint density at radius 2 is 1.74 bits per heavy atom. The molecule has 54 heavy (non-hydrogen) atoms. The van der Waals surface area contributed by atoms with Gasteiger partial charge in [-0.3, -0.25) is 34.3 Å². The SMILES string of the molecule is COc1cc(N2CCN(Cc3ccc4c(c3Br)C(=O)N(C3CCC(=O)NC3=O)C4=O)CC2)ccc1Nc1ncc(Cl)c(Nc2ccccc2P(C)(C)=O)n1. The van der Waals surface area contributed by atoms with Crippen LogP contribution in [-0.4, -0.2) is 96.1 Å². The standard InChI is InChI=1S/C37H37BrClN8O6P/c1-53-28-18-22(9-11-25(28)42-37-40-19-24(39)33(44-37)41-26-6-4-5-7-29(26)54(2,3)52)46-16-14-45(15-17-46)20-21-8-10-23-31(32(21)38)36(51)47(35(23)50)27-12-13-30(48)43-34(27)49/h4-11,18-19,27H,12-17,20H2,1-3H3,(H,43,48,49)(H2,40,41,42,44). The van der Waals surface area contributed by atoms with E-state index in [0.717, 1.165) is 42.3 Å². The number of carbonyl (C=O) groups excluding carboxylic acids is 4. The van der Waals surface area contributed by atoms with Crippen LogP contribution in [-0.2, 0) is 20.7 Å². The highest BCUT2D eigenvalue weighted by Crippen LogP contribution is 2.39. The van der Waals surface area contributed by atoms with Crippen molar-refractivity contribution in [3.8, 4) is 5.75 Å². The molecule has 4 aromatic rings. The van der Waals surface area contributed by atoms with Crippen molar-refractivity contribution >= 4 is 92.4 Å². The highest BCUT2D eigenvalue weighted by atomic mass is 79.9. The molecule has 3 N–H and O–H groups in total. The van der Waals surface area contributed by atoms with Crippen LogP contribution in [0, 0.1) is 0 Å². The van der Waals surface area contributed by atoms with E-state index in [0.29, 0.717) is 50.2 Å². The minimum absolute atomic E-state index is 0.0641. The molecule has 3 aromatic carbocycles. The lowest BCUT2D eigenvalue weighted by Gasteiger charge is -2.36. The molecule has 1 unspecified atom stereocenters. The third-order valence-corrected chi connectivity index (χ3v) is 12.4. The lowest BCUT2D eigenvalue weighted by atomic mass is 10.0. The zero-order valence-electron chi connectivity index (χ0n) is 29.7. The number of anilines is 5. The average molecular weight is 836 g/mol. The number of halogens is 2. The molecule has 0 spiro atoms. The fourth-order valence-corrected chi connectivity index (χ4v) is 8.81. The molecule has 2 fully saturated rings. The van der Waals surface area contributed by atoms with E-state index in [2.05, 4.69) is 51.6 Å². The number of rotatable bonds is 10. The summed E-state index contributed by atoms with van der Waals surface area (Å²) in [7, 11) is -0.973. The number of hydrogen-bond donors (Lipinski definition) is 3. The summed E-state index contributed by atoms with van der Waals surface area (Å²) in [4.78, 5) is 65.2. The van der Waals surface area contributed by atoms with Crippen LogP contribution < -0.4 is 30.9 Å². The number of aromatic nitrogens is 2. The van der Waals surface area contributed by atoms with Crippen molar-refractivity contribution in [1.29, 1.82) is 0 Å². The molecule has 1 aromatic heterocycles. The van der Waals surface area contributed by atoms with Crippen LogP contribution in [0.5, 0.6) is 5.75 Å². The molecule has 0 saturated carbocycles. The number of amides is 4. The molecule has 280 valence electrons. The second-order valence-corrected chi connectivity index (χ2v) is 17.9. The number of carbonyl (C=O) groups is 4. The predicted octanol–water partition coefficient (Wildman–Crippen LogP) is 5.36. The van der Waals surface area contributed by atoms with Gasteiger partial charge in [0.2, 0.25) is 17.8 Å². The van der Waals surface area contributed by atoms with Crippen molar-refractivity contribution in [2.45, 2.75) is 25.4 Å². The molecule has 3 aliphatic rings. The third kappa shape index (κ3) is 7.45. The van der Waals surface area contributed by atoms with Crippen LogP contribution in [0.25, 0.3) is 0 Å². The highest BCUT2D eigenvalue weighted by molar-refractivity contribution is 9.10. The van der Waals surface area contributed by atoms with Crippen LogP contribution in [0.1, 0.15) is 39.1 Å². The van der Waals surface area contributed by atoms with E-state index < -0.39 is 36.8 Å². The van der Waals surface area contributed by atoms with Crippen molar-refractivity contribution in [2.75, 3.05) is 62.2 Å². The van der Waals surface area contributed by atoms with Crippen molar-refractivity contribution in [2.24, 2.45) is 0 Å². The summed E-state index contributed by atoms with van der Waals surface area (Å²) >= 11 is 10.0. The Hall–Kier alpha value is -4.82. The van der Waals surface area contributed by atoms with Crippen LogP contribution >= 0.6 is 34.7 Å². The molecule has 7 rings (SSSR count). The number of imide groups is 2. The zero-order valence-corrected chi connectivity index (χ0v) is 32.9. The maximum Gasteiger partial charge on any atom is 0.263 e. The normalized spacial score (nSPS) is 17.8. The highest BCUT2D eigenvalue weighted by Gasteiger charge is 2.46. The van der Waals surface area contributed by atoms with E-state index in [1.807, 2.05) is 48.5 Å². The van der Waals surface area contributed by atoms with Crippen molar-refractivity contribution in [1.82, 2.24) is 25.1 Å². The van der Waals surface area contributed by atoms with Gasteiger partial charge in [0.25, 0.3) is 11.8 Å². The maximum atomic E-state index is 13.5. The molecule has 0 aliphatic carbocycles. The maximum absolute atomic E-state index is 13.5. The molecule has 0 radical (unpaired) electrons. The van der Waals surface area contributed by atoms with E-state index in [1.54, 1.807) is 26.5 Å². The zero-order chi connectivity index (χ0) is 38.3. The minimum Gasteiger partial charge on any atom is -0.494 e. The number of para-hydroxylation sites is 1. The fraction of sp³-hybridized carbons (Fsp3) is 0.297. The average Bonchev–Trinajstić information content (AvgIpc) is 3.40. The lowest BCUT2D eigenvalue weighted by molar-refractivity contribution is -0.136. The van der Waals surface area contributed by atoms with E-state index in [4.69, 9.17) is 16.3 Å². The van der Waals surface area contributed by atoms with Gasteiger partial charge in [-0.15, -0.1) is 0 Å². The summed E-state index contributed by atoms with van der Waals surface area (Å²) in [5.41, 5.74) is 3.63. The van der Waals surface area contributed by atoms with Gasteiger partial charge in [0, 0.05) is 60.7 Å². The number of methoxy groups -OCH3 is 1. The number of nitrogens with zero attached hydrogens (tertiary/aromatic N) is 5. The van der Waals surface area contributed by atoms with Gasteiger partial charge in [0.15, 0.2) is 5.82 Å². The monoisotopic (exact) mass is 834 g/mol. The van der Waals surface area contributed by atoms with Gasteiger partial charge in [-0.1, -0.05) is 29.8 Å². The summed E-state index contributed by atoms with van der Waals surface area (Å²) in [6.07, 6.45) is 1.66. The molecule has 1 atom stereocenters. The number of hydrogen-bond acceptors (Lipinski definition) is 12. The van der Waals surface area contributed by atoms with Crippen LogP contribution in [0.3, 0.4) is 0 Å². The van der Waals surface area contributed by atoms with Gasteiger partial charge in [-0.2, -0.15) is 4.98 Å². The van der Waals surface area contributed by atoms with Gasteiger partial charge in [0.05, 0.1) is 35.8 Å². The molecule has 14 nitrogen and oxygen atoms in total. The van der Waals surface area contributed by atoms with Crippen LogP contribution in [0.15, 0.2) is 65.3 Å². The minimum atomic E-state index is -2.57. The molecule has 2 saturated heterocycles. The largest absolute Gasteiger partial charge is 0.494 e. The summed E-state index contributed by atoms with van der Waals surface area (Å²) in [5.74, 6) is -0.870. The lowest BCUT2D eigenvalue weighted by Crippen LogP contribution is -2.54. The molecular weight excluding hydrogens is 799 g/mol. The molecule has 4 heterocycles. The summed E-state index contributed by atoms with van der Waals surface area (Å²) in [6, 6.07) is 15.7. The third-order valence-electron chi connectivity index (χ3n) is 9.67. The van der Waals surface area contributed by atoms with Crippen LogP contribution in [0.2, 0.25) is 5.02 Å². The van der Waals surface area contributed by atoms with Gasteiger partial charge in [-0.05, 0) is 71.6 Å². The molecule has 4 amide bonds. The Morgan fingerprint density at radius 1 is 0.981 bits per heavy atom. The first kappa shape index (κ1) is 37.5. The number of fused-ring (bicyclic) bond motifs is 1.